The second-order valence-electron chi connectivity index (χ2n) is 5.41. The average molecular weight is 308 g/mol. The number of amides is 1. The van der Waals surface area contributed by atoms with Gasteiger partial charge in [-0.1, -0.05) is 11.6 Å². The molecule has 1 aliphatic rings. The van der Waals surface area contributed by atoms with Gasteiger partial charge in [-0.3, -0.25) is 4.79 Å². The van der Waals surface area contributed by atoms with Gasteiger partial charge in [0.05, 0.1) is 17.6 Å². The van der Waals surface area contributed by atoms with Crippen molar-refractivity contribution in [2.45, 2.75) is 25.8 Å². The van der Waals surface area contributed by atoms with Crippen LogP contribution in [0.3, 0.4) is 0 Å². The zero-order valence-corrected chi connectivity index (χ0v) is 12.4. The molecule has 1 amide bonds. The molecular formula is C15H18ClN3O2. The topological polar surface area (TPSA) is 67.0 Å². The summed E-state index contributed by atoms with van der Waals surface area (Å²) in [7, 11) is 0. The van der Waals surface area contributed by atoms with E-state index in [9.17, 15) is 4.79 Å². The minimum atomic E-state index is 0.0454. The Morgan fingerprint density at radius 3 is 3.24 bits per heavy atom. The van der Waals surface area contributed by atoms with E-state index in [-0.39, 0.29) is 5.91 Å². The van der Waals surface area contributed by atoms with Gasteiger partial charge in [-0.2, -0.15) is 0 Å². The number of nitrogens with zero attached hydrogens (tertiary/aromatic N) is 1. The van der Waals surface area contributed by atoms with E-state index in [1.165, 1.54) is 0 Å². The van der Waals surface area contributed by atoms with Crippen molar-refractivity contribution in [3.63, 3.8) is 0 Å². The second kappa shape index (κ2) is 6.45. The van der Waals surface area contributed by atoms with Crippen molar-refractivity contribution in [2.24, 2.45) is 5.92 Å². The number of nitrogens with one attached hydrogen (secondary N) is 2. The number of benzene rings is 1. The molecular weight excluding hydrogens is 290 g/mol. The van der Waals surface area contributed by atoms with Crippen LogP contribution in [0.5, 0.6) is 0 Å². The number of aromatic nitrogens is 2. The maximum absolute atomic E-state index is 11.9. The van der Waals surface area contributed by atoms with Crippen molar-refractivity contribution in [1.29, 1.82) is 0 Å². The number of ether oxygens (including phenoxy) is 1. The summed E-state index contributed by atoms with van der Waals surface area (Å²) in [6.45, 7) is 1.91. The number of carbonyl (C=O) groups excluding carboxylic acids is 1. The molecule has 21 heavy (non-hydrogen) atoms. The van der Waals surface area contributed by atoms with Crippen LogP contribution in [0, 0.1) is 5.92 Å². The highest BCUT2D eigenvalue weighted by Crippen LogP contribution is 2.18. The summed E-state index contributed by atoms with van der Waals surface area (Å²) in [6.07, 6.45) is 2.63. The fourth-order valence-corrected chi connectivity index (χ4v) is 2.78. The van der Waals surface area contributed by atoms with E-state index < -0.39 is 0 Å². The van der Waals surface area contributed by atoms with Crippen molar-refractivity contribution < 1.29 is 9.53 Å². The minimum absolute atomic E-state index is 0.0454. The van der Waals surface area contributed by atoms with Crippen LogP contribution < -0.4 is 5.32 Å². The zero-order chi connectivity index (χ0) is 14.7. The first-order valence-corrected chi connectivity index (χ1v) is 7.57. The second-order valence-corrected chi connectivity index (χ2v) is 5.85. The van der Waals surface area contributed by atoms with Gasteiger partial charge in [-0.15, -0.1) is 0 Å². The number of fused-ring (bicyclic) bond motifs is 1. The number of halogens is 1. The predicted molar refractivity (Wildman–Crippen MR) is 81.1 cm³/mol. The smallest absolute Gasteiger partial charge is 0.220 e. The molecule has 1 unspecified atom stereocenters. The summed E-state index contributed by atoms with van der Waals surface area (Å²) < 4.78 is 5.39. The Morgan fingerprint density at radius 2 is 2.43 bits per heavy atom. The number of hydrogen-bond acceptors (Lipinski definition) is 3. The molecule has 5 nitrogen and oxygen atoms in total. The molecule has 0 radical (unpaired) electrons. The molecule has 1 aromatic heterocycles. The SMILES string of the molecule is O=C(CC1CCCOC1)NCc1nc2ccc(Cl)cc2[nH]1. The van der Waals surface area contributed by atoms with Crippen molar-refractivity contribution in [1.82, 2.24) is 15.3 Å². The molecule has 3 rings (SSSR count). The molecule has 0 aliphatic carbocycles. The fourth-order valence-electron chi connectivity index (χ4n) is 2.60. The molecule has 2 heterocycles. The molecule has 0 spiro atoms. The third-order valence-corrected chi connectivity index (χ3v) is 3.91. The number of hydrogen-bond donors (Lipinski definition) is 2. The highest BCUT2D eigenvalue weighted by atomic mass is 35.5. The van der Waals surface area contributed by atoms with Crippen LogP contribution >= 0.6 is 11.6 Å². The van der Waals surface area contributed by atoms with E-state index in [2.05, 4.69) is 15.3 Å². The summed E-state index contributed by atoms with van der Waals surface area (Å²) in [6, 6.07) is 5.49. The number of imidazole rings is 1. The molecule has 6 heteroatoms. The number of H-pyrrole nitrogens is 1. The van der Waals surface area contributed by atoms with Crippen LogP contribution in [-0.4, -0.2) is 29.1 Å². The van der Waals surface area contributed by atoms with Crippen LogP contribution in [0.1, 0.15) is 25.1 Å². The van der Waals surface area contributed by atoms with Gasteiger partial charge >= 0.3 is 0 Å². The van der Waals surface area contributed by atoms with Crippen LogP contribution in [0.2, 0.25) is 5.02 Å². The van der Waals surface area contributed by atoms with Gasteiger partial charge in [0.15, 0.2) is 0 Å². The predicted octanol–water partition coefficient (Wildman–Crippen LogP) is 2.65. The molecule has 112 valence electrons. The van der Waals surface area contributed by atoms with Gasteiger partial charge in [0.25, 0.3) is 0 Å². The molecule has 2 N–H and O–H groups in total. The largest absolute Gasteiger partial charge is 0.381 e. The molecule has 0 bridgehead atoms. The third-order valence-electron chi connectivity index (χ3n) is 3.67. The Balaban J connectivity index is 1.54. The van der Waals surface area contributed by atoms with Gasteiger partial charge in [-0.25, -0.2) is 4.98 Å². The zero-order valence-electron chi connectivity index (χ0n) is 11.7. The lowest BCUT2D eigenvalue weighted by Gasteiger charge is -2.21. The highest BCUT2D eigenvalue weighted by Gasteiger charge is 2.17. The van der Waals surface area contributed by atoms with Crippen molar-refractivity contribution in [2.75, 3.05) is 13.2 Å². The summed E-state index contributed by atoms with van der Waals surface area (Å²) in [5, 5.41) is 3.57. The summed E-state index contributed by atoms with van der Waals surface area (Å²) in [5.41, 5.74) is 1.73. The maximum Gasteiger partial charge on any atom is 0.220 e. The third kappa shape index (κ3) is 3.74. The lowest BCUT2D eigenvalue weighted by atomic mass is 9.98. The first kappa shape index (κ1) is 14.4. The van der Waals surface area contributed by atoms with E-state index in [0.29, 0.717) is 30.5 Å². The highest BCUT2D eigenvalue weighted by molar-refractivity contribution is 6.31. The van der Waals surface area contributed by atoms with E-state index in [1.807, 2.05) is 12.1 Å². The fraction of sp³-hybridized carbons (Fsp3) is 0.467. The Labute approximate surface area is 128 Å². The lowest BCUT2D eigenvalue weighted by Crippen LogP contribution is -2.28. The van der Waals surface area contributed by atoms with E-state index in [4.69, 9.17) is 16.3 Å². The van der Waals surface area contributed by atoms with Gasteiger partial charge in [0.2, 0.25) is 5.91 Å². The Bertz CT molecular complexity index is 635. The van der Waals surface area contributed by atoms with Gasteiger partial charge in [0.1, 0.15) is 5.82 Å². The number of aromatic amines is 1. The first-order valence-electron chi connectivity index (χ1n) is 7.19. The van der Waals surface area contributed by atoms with Crippen LogP contribution in [-0.2, 0) is 16.1 Å². The first-order chi connectivity index (χ1) is 10.2. The molecule has 1 aromatic carbocycles. The minimum Gasteiger partial charge on any atom is -0.381 e. The normalized spacial score (nSPS) is 18.8. The number of rotatable bonds is 4. The Morgan fingerprint density at radius 1 is 1.52 bits per heavy atom. The van der Waals surface area contributed by atoms with Crippen LogP contribution in [0.25, 0.3) is 11.0 Å². The monoisotopic (exact) mass is 307 g/mol. The van der Waals surface area contributed by atoms with E-state index >= 15 is 0 Å². The van der Waals surface area contributed by atoms with Gasteiger partial charge in [0, 0.05) is 24.7 Å². The van der Waals surface area contributed by atoms with Crippen molar-refractivity contribution >= 4 is 28.5 Å². The van der Waals surface area contributed by atoms with Crippen molar-refractivity contribution in [3.05, 3.63) is 29.0 Å². The van der Waals surface area contributed by atoms with Crippen LogP contribution in [0.4, 0.5) is 0 Å². The van der Waals surface area contributed by atoms with Gasteiger partial charge in [-0.05, 0) is 37.0 Å². The Hall–Kier alpha value is -1.59. The van der Waals surface area contributed by atoms with E-state index in [0.717, 1.165) is 36.3 Å². The van der Waals surface area contributed by atoms with E-state index in [1.54, 1.807) is 6.07 Å². The molecule has 1 fully saturated rings. The molecule has 1 atom stereocenters. The summed E-state index contributed by atoms with van der Waals surface area (Å²) in [4.78, 5) is 19.5. The molecule has 1 aliphatic heterocycles. The summed E-state index contributed by atoms with van der Waals surface area (Å²) >= 11 is 5.93. The lowest BCUT2D eigenvalue weighted by molar-refractivity contribution is -0.123. The van der Waals surface area contributed by atoms with Gasteiger partial charge < -0.3 is 15.0 Å². The molecule has 2 aromatic rings. The average Bonchev–Trinajstić information content (AvgIpc) is 2.88. The molecule has 1 saturated heterocycles. The molecule has 0 saturated carbocycles. The standard InChI is InChI=1S/C15H18ClN3O2/c16-11-3-4-12-13(7-11)19-14(18-12)8-17-15(20)6-10-2-1-5-21-9-10/h3-4,7,10H,1-2,5-6,8-9H2,(H,17,20)(H,18,19). The Kier molecular flexibility index (Phi) is 4.41. The quantitative estimate of drug-likeness (QED) is 0.912. The van der Waals surface area contributed by atoms with Crippen LogP contribution in [0.15, 0.2) is 18.2 Å². The maximum atomic E-state index is 11.9. The number of carbonyl (C=O) groups is 1. The summed E-state index contributed by atoms with van der Waals surface area (Å²) in [5.74, 6) is 1.12. The van der Waals surface area contributed by atoms with Crippen molar-refractivity contribution in [3.8, 4) is 0 Å².